The van der Waals surface area contributed by atoms with Gasteiger partial charge >= 0.3 is 5.97 Å². The first-order valence-corrected chi connectivity index (χ1v) is 5.08. The Hall–Kier alpha value is -1.29. The third kappa shape index (κ3) is 4.16. The predicted octanol–water partition coefficient (Wildman–Crippen LogP) is 1.79. The van der Waals surface area contributed by atoms with Crippen LogP contribution in [0.25, 0.3) is 0 Å². The van der Waals surface area contributed by atoms with E-state index in [-0.39, 0.29) is 5.92 Å². The van der Waals surface area contributed by atoms with E-state index in [1.54, 1.807) is 6.92 Å². The minimum absolute atomic E-state index is 0.296. The average molecular weight is 211 g/mol. The first kappa shape index (κ1) is 11.8. The molecule has 1 heterocycles. The first-order valence-electron chi connectivity index (χ1n) is 5.08. The summed E-state index contributed by atoms with van der Waals surface area (Å²) in [6.45, 7) is 4.95. The zero-order valence-corrected chi connectivity index (χ0v) is 9.12. The molecule has 2 N–H and O–H groups in total. The monoisotopic (exact) mass is 211 g/mol. The molecule has 4 heteroatoms. The van der Waals surface area contributed by atoms with Crippen molar-refractivity contribution in [2.45, 2.75) is 26.8 Å². The van der Waals surface area contributed by atoms with Crippen molar-refractivity contribution in [1.29, 1.82) is 0 Å². The smallest absolute Gasteiger partial charge is 0.306 e. The zero-order chi connectivity index (χ0) is 11.3. The summed E-state index contributed by atoms with van der Waals surface area (Å²) in [6.07, 6.45) is 0.634. The highest BCUT2D eigenvalue weighted by atomic mass is 16.4. The fourth-order valence-electron chi connectivity index (χ4n) is 1.23. The summed E-state index contributed by atoms with van der Waals surface area (Å²) in [4.78, 5) is 10.5. The number of nitrogens with one attached hydrogen (secondary N) is 1. The maximum Gasteiger partial charge on any atom is 0.306 e. The molecule has 84 valence electrons. The van der Waals surface area contributed by atoms with Crippen LogP contribution in [0.15, 0.2) is 16.5 Å². The summed E-state index contributed by atoms with van der Waals surface area (Å²) in [5, 5.41) is 11.8. The van der Waals surface area contributed by atoms with Crippen molar-refractivity contribution >= 4 is 5.97 Å². The van der Waals surface area contributed by atoms with Crippen molar-refractivity contribution in [3.05, 3.63) is 23.7 Å². The van der Waals surface area contributed by atoms with E-state index < -0.39 is 5.97 Å². The largest absolute Gasteiger partial charge is 0.481 e. The molecular formula is C11H17NO3. The van der Waals surface area contributed by atoms with Crippen LogP contribution < -0.4 is 5.32 Å². The molecule has 15 heavy (non-hydrogen) atoms. The standard InChI is InChI=1S/C11H17NO3/c1-8(11(13)14)5-6-12-7-10-4-3-9(2)15-10/h3-4,8,12H,5-7H2,1-2H3,(H,13,14). The van der Waals surface area contributed by atoms with Gasteiger partial charge in [0.05, 0.1) is 12.5 Å². The Morgan fingerprint density at radius 1 is 1.60 bits per heavy atom. The Labute approximate surface area is 89.3 Å². The molecule has 1 aromatic heterocycles. The van der Waals surface area contributed by atoms with Crippen LogP contribution in [0.2, 0.25) is 0 Å². The highest BCUT2D eigenvalue weighted by molar-refractivity contribution is 5.69. The molecule has 1 aromatic rings. The molecule has 0 aromatic carbocycles. The van der Waals surface area contributed by atoms with E-state index in [9.17, 15) is 4.79 Å². The van der Waals surface area contributed by atoms with Crippen molar-refractivity contribution in [1.82, 2.24) is 5.32 Å². The summed E-state index contributed by atoms with van der Waals surface area (Å²) >= 11 is 0. The minimum atomic E-state index is -0.745. The summed E-state index contributed by atoms with van der Waals surface area (Å²) in [7, 11) is 0. The minimum Gasteiger partial charge on any atom is -0.481 e. The van der Waals surface area contributed by atoms with Crippen molar-refractivity contribution in [2.24, 2.45) is 5.92 Å². The number of carbonyl (C=O) groups is 1. The molecule has 0 amide bonds. The summed E-state index contributed by atoms with van der Waals surface area (Å²) < 4.78 is 5.36. The van der Waals surface area contributed by atoms with Crippen molar-refractivity contribution in [2.75, 3.05) is 6.54 Å². The second-order valence-electron chi connectivity index (χ2n) is 3.72. The van der Waals surface area contributed by atoms with Gasteiger partial charge in [0.1, 0.15) is 11.5 Å². The second-order valence-corrected chi connectivity index (χ2v) is 3.72. The number of aryl methyl sites for hydroxylation is 1. The lowest BCUT2D eigenvalue weighted by molar-refractivity contribution is -0.141. The van der Waals surface area contributed by atoms with Gasteiger partial charge in [-0.3, -0.25) is 4.79 Å². The first-order chi connectivity index (χ1) is 7.09. The summed E-state index contributed by atoms with van der Waals surface area (Å²) in [6, 6.07) is 3.83. The molecule has 0 aliphatic rings. The Morgan fingerprint density at radius 2 is 2.33 bits per heavy atom. The second kappa shape index (κ2) is 5.56. The number of furan rings is 1. The normalized spacial score (nSPS) is 12.7. The van der Waals surface area contributed by atoms with Crippen molar-refractivity contribution < 1.29 is 14.3 Å². The van der Waals surface area contributed by atoms with E-state index in [0.717, 1.165) is 11.5 Å². The quantitative estimate of drug-likeness (QED) is 0.704. The van der Waals surface area contributed by atoms with Gasteiger partial charge in [0, 0.05) is 0 Å². The van der Waals surface area contributed by atoms with Gasteiger partial charge in [0.25, 0.3) is 0 Å². The van der Waals surface area contributed by atoms with Gasteiger partial charge < -0.3 is 14.8 Å². The lowest BCUT2D eigenvalue weighted by Crippen LogP contribution is -2.20. The van der Waals surface area contributed by atoms with E-state index in [2.05, 4.69) is 5.32 Å². The van der Waals surface area contributed by atoms with E-state index in [4.69, 9.17) is 9.52 Å². The highest BCUT2D eigenvalue weighted by Crippen LogP contribution is 2.06. The van der Waals surface area contributed by atoms with E-state index in [1.165, 1.54) is 0 Å². The number of carboxylic acid groups (broad SMARTS) is 1. The molecule has 0 radical (unpaired) electrons. The molecule has 1 rings (SSSR count). The van der Waals surface area contributed by atoms with E-state index >= 15 is 0 Å². The fourth-order valence-corrected chi connectivity index (χ4v) is 1.23. The van der Waals surface area contributed by atoms with Crippen LogP contribution in [0.4, 0.5) is 0 Å². The maximum absolute atomic E-state index is 10.5. The predicted molar refractivity (Wildman–Crippen MR) is 56.6 cm³/mol. The molecule has 0 fully saturated rings. The summed E-state index contributed by atoms with van der Waals surface area (Å²) in [5.41, 5.74) is 0. The number of carboxylic acids is 1. The third-order valence-electron chi connectivity index (χ3n) is 2.27. The SMILES string of the molecule is Cc1ccc(CNCCC(C)C(=O)O)o1. The molecule has 0 saturated carbocycles. The van der Waals surface area contributed by atoms with Crippen molar-refractivity contribution in [3.8, 4) is 0 Å². The molecule has 0 spiro atoms. The van der Waals surface area contributed by atoms with Crippen molar-refractivity contribution in [3.63, 3.8) is 0 Å². The number of rotatable bonds is 6. The average Bonchev–Trinajstić information content (AvgIpc) is 2.58. The lowest BCUT2D eigenvalue weighted by atomic mass is 10.1. The van der Waals surface area contributed by atoms with E-state index in [0.29, 0.717) is 19.5 Å². The number of hydrogen-bond donors (Lipinski definition) is 2. The Balaban J connectivity index is 2.14. The molecule has 0 bridgehead atoms. The van der Waals surface area contributed by atoms with Crippen LogP contribution in [-0.2, 0) is 11.3 Å². The highest BCUT2D eigenvalue weighted by Gasteiger charge is 2.09. The van der Waals surface area contributed by atoms with E-state index in [1.807, 2.05) is 19.1 Å². The van der Waals surface area contributed by atoms with Crippen LogP contribution in [0.1, 0.15) is 24.9 Å². The van der Waals surface area contributed by atoms with Gasteiger partial charge in [0.15, 0.2) is 0 Å². The fraction of sp³-hybridized carbons (Fsp3) is 0.545. The molecular weight excluding hydrogens is 194 g/mol. The Bertz CT molecular complexity index is 319. The molecule has 4 nitrogen and oxygen atoms in total. The van der Waals surface area contributed by atoms with Crippen LogP contribution in [0.3, 0.4) is 0 Å². The Kier molecular flexibility index (Phi) is 4.37. The maximum atomic E-state index is 10.5. The third-order valence-corrected chi connectivity index (χ3v) is 2.27. The molecule has 0 aliphatic heterocycles. The van der Waals surface area contributed by atoms with Crippen LogP contribution in [0.5, 0.6) is 0 Å². The van der Waals surface area contributed by atoms with Gasteiger partial charge in [-0.05, 0) is 32.0 Å². The van der Waals surface area contributed by atoms with Crippen LogP contribution in [0, 0.1) is 12.8 Å². The van der Waals surface area contributed by atoms with Crippen LogP contribution in [-0.4, -0.2) is 17.6 Å². The van der Waals surface area contributed by atoms with Gasteiger partial charge in [-0.25, -0.2) is 0 Å². The lowest BCUT2D eigenvalue weighted by Gasteiger charge is -2.06. The molecule has 0 saturated heterocycles. The van der Waals surface area contributed by atoms with Gasteiger partial charge in [-0.2, -0.15) is 0 Å². The van der Waals surface area contributed by atoms with Gasteiger partial charge in [-0.15, -0.1) is 0 Å². The number of aliphatic carboxylic acids is 1. The molecule has 0 aliphatic carbocycles. The number of hydrogen-bond acceptors (Lipinski definition) is 3. The molecule has 1 atom stereocenters. The summed E-state index contributed by atoms with van der Waals surface area (Å²) in [5.74, 6) is 0.739. The molecule has 1 unspecified atom stereocenters. The van der Waals surface area contributed by atoms with Gasteiger partial charge in [-0.1, -0.05) is 6.92 Å². The van der Waals surface area contributed by atoms with Gasteiger partial charge in [0.2, 0.25) is 0 Å². The topological polar surface area (TPSA) is 62.5 Å². The Morgan fingerprint density at radius 3 is 2.87 bits per heavy atom. The zero-order valence-electron chi connectivity index (χ0n) is 9.12. The van der Waals surface area contributed by atoms with Crippen LogP contribution >= 0.6 is 0 Å².